The minimum Gasteiger partial charge on any atom is -0.465 e. The Morgan fingerprint density at radius 2 is 1.65 bits per heavy atom. The highest BCUT2D eigenvalue weighted by molar-refractivity contribution is 5.63. The van der Waals surface area contributed by atoms with Gasteiger partial charge in [0.05, 0.1) is 19.8 Å². The first-order valence-corrected chi connectivity index (χ1v) is 9.30. The number of unbranched alkanes of at least 4 members (excludes halogenated alkanes) is 1. The van der Waals surface area contributed by atoms with E-state index in [4.69, 9.17) is 14.2 Å². The Kier molecular flexibility index (Phi) is 6.28. The van der Waals surface area contributed by atoms with Crippen LogP contribution in [0.5, 0.6) is 5.75 Å². The quantitative estimate of drug-likeness (QED) is 0.559. The van der Waals surface area contributed by atoms with Crippen molar-refractivity contribution in [3.05, 3.63) is 54.3 Å². The number of hydrogen-bond donors (Lipinski definition) is 0. The van der Waals surface area contributed by atoms with Gasteiger partial charge < -0.3 is 14.2 Å². The lowest BCUT2D eigenvalue weighted by molar-refractivity contribution is -0.179. The maximum absolute atomic E-state index is 13.1. The molecular formula is C22H27FO3. The average molecular weight is 358 g/mol. The van der Waals surface area contributed by atoms with Crippen molar-refractivity contribution in [2.45, 2.75) is 39.4 Å². The van der Waals surface area contributed by atoms with Crippen molar-refractivity contribution in [1.29, 1.82) is 0 Å². The molecule has 2 aromatic carbocycles. The van der Waals surface area contributed by atoms with Crippen LogP contribution in [0.1, 0.15) is 33.1 Å². The lowest BCUT2D eigenvalue weighted by Gasteiger charge is -2.38. The third kappa shape index (κ3) is 5.05. The first-order valence-electron chi connectivity index (χ1n) is 9.30. The number of benzene rings is 2. The second-order valence-corrected chi connectivity index (χ2v) is 7.34. The van der Waals surface area contributed by atoms with Crippen molar-refractivity contribution in [2.24, 2.45) is 5.41 Å². The molecule has 0 aliphatic carbocycles. The van der Waals surface area contributed by atoms with Crippen molar-refractivity contribution in [3.63, 3.8) is 0 Å². The SMILES string of the molecule is CCCCC(OCC1(C)COC1)Oc1ccc(-c2ccc(F)cc2)cc1. The van der Waals surface area contributed by atoms with Gasteiger partial charge in [-0.3, -0.25) is 0 Å². The van der Waals surface area contributed by atoms with Crippen LogP contribution in [-0.2, 0) is 9.47 Å². The van der Waals surface area contributed by atoms with Crippen LogP contribution >= 0.6 is 0 Å². The maximum atomic E-state index is 13.1. The minimum atomic E-state index is -0.246. The van der Waals surface area contributed by atoms with E-state index >= 15 is 0 Å². The van der Waals surface area contributed by atoms with E-state index in [0.29, 0.717) is 6.61 Å². The predicted octanol–water partition coefficient (Wildman–Crippen LogP) is 5.44. The minimum absolute atomic E-state index is 0.111. The van der Waals surface area contributed by atoms with Crippen molar-refractivity contribution in [2.75, 3.05) is 19.8 Å². The first kappa shape index (κ1) is 18.9. The fraction of sp³-hybridized carbons (Fsp3) is 0.455. The predicted molar refractivity (Wildman–Crippen MR) is 101 cm³/mol. The summed E-state index contributed by atoms with van der Waals surface area (Å²) in [6.07, 6.45) is 2.79. The summed E-state index contributed by atoms with van der Waals surface area (Å²) in [4.78, 5) is 0. The summed E-state index contributed by atoms with van der Waals surface area (Å²) < 4.78 is 30.5. The molecule has 0 aromatic heterocycles. The standard InChI is InChI=1S/C22H27FO3/c1-3-4-5-21(25-16-22(2)14-24-15-22)26-20-12-8-18(9-13-20)17-6-10-19(23)11-7-17/h6-13,21H,3-5,14-16H2,1-2H3. The maximum Gasteiger partial charge on any atom is 0.199 e. The van der Waals surface area contributed by atoms with E-state index in [1.54, 1.807) is 12.1 Å². The molecule has 0 saturated carbocycles. The summed E-state index contributed by atoms with van der Waals surface area (Å²) in [6.45, 7) is 6.48. The second kappa shape index (κ2) is 8.65. The van der Waals surface area contributed by atoms with E-state index < -0.39 is 0 Å². The summed E-state index contributed by atoms with van der Waals surface area (Å²) in [5.41, 5.74) is 2.12. The van der Waals surface area contributed by atoms with Gasteiger partial charge in [0, 0.05) is 11.8 Å². The van der Waals surface area contributed by atoms with Crippen LogP contribution in [0.2, 0.25) is 0 Å². The second-order valence-electron chi connectivity index (χ2n) is 7.34. The summed E-state index contributed by atoms with van der Waals surface area (Å²) in [5, 5.41) is 0. The lowest BCUT2D eigenvalue weighted by atomic mass is 9.90. The molecule has 2 aromatic rings. The van der Waals surface area contributed by atoms with Crippen molar-refractivity contribution in [3.8, 4) is 16.9 Å². The van der Waals surface area contributed by atoms with Gasteiger partial charge in [0.15, 0.2) is 6.29 Å². The van der Waals surface area contributed by atoms with Gasteiger partial charge in [0.25, 0.3) is 0 Å². The molecule has 0 N–H and O–H groups in total. The molecule has 140 valence electrons. The molecule has 1 atom stereocenters. The van der Waals surface area contributed by atoms with Gasteiger partial charge in [-0.1, -0.05) is 44.5 Å². The van der Waals surface area contributed by atoms with Crippen LogP contribution in [0.15, 0.2) is 48.5 Å². The van der Waals surface area contributed by atoms with Crippen molar-refractivity contribution < 1.29 is 18.6 Å². The molecule has 1 aliphatic heterocycles. The van der Waals surface area contributed by atoms with Crippen LogP contribution in [0.3, 0.4) is 0 Å². The lowest BCUT2D eigenvalue weighted by Crippen LogP contribution is -2.44. The summed E-state index contributed by atoms with van der Waals surface area (Å²) >= 11 is 0. The molecule has 0 spiro atoms. The zero-order valence-electron chi connectivity index (χ0n) is 15.5. The molecule has 4 heteroatoms. The highest BCUT2D eigenvalue weighted by atomic mass is 19.1. The third-order valence-electron chi connectivity index (χ3n) is 4.61. The van der Waals surface area contributed by atoms with Crippen LogP contribution in [0.25, 0.3) is 11.1 Å². The smallest absolute Gasteiger partial charge is 0.199 e. The molecule has 0 radical (unpaired) electrons. The van der Waals surface area contributed by atoms with Crippen molar-refractivity contribution in [1.82, 2.24) is 0 Å². The van der Waals surface area contributed by atoms with Gasteiger partial charge >= 0.3 is 0 Å². The summed E-state index contributed by atoms with van der Waals surface area (Å²) in [6, 6.07) is 14.4. The Bertz CT molecular complexity index is 678. The summed E-state index contributed by atoms with van der Waals surface area (Å²) in [5.74, 6) is 0.558. The monoisotopic (exact) mass is 358 g/mol. The van der Waals surface area contributed by atoms with E-state index in [0.717, 1.165) is 49.4 Å². The van der Waals surface area contributed by atoms with E-state index in [1.165, 1.54) is 12.1 Å². The van der Waals surface area contributed by atoms with Crippen LogP contribution < -0.4 is 4.74 Å². The molecule has 1 heterocycles. The van der Waals surface area contributed by atoms with Gasteiger partial charge in [-0.15, -0.1) is 0 Å². The Morgan fingerprint density at radius 1 is 1.04 bits per heavy atom. The Balaban J connectivity index is 1.60. The van der Waals surface area contributed by atoms with Crippen LogP contribution in [0, 0.1) is 11.2 Å². The van der Waals surface area contributed by atoms with Gasteiger partial charge in [-0.2, -0.15) is 0 Å². The molecule has 0 bridgehead atoms. The average Bonchev–Trinajstić information content (AvgIpc) is 2.63. The Labute approximate surface area is 155 Å². The fourth-order valence-corrected chi connectivity index (χ4v) is 2.90. The number of hydrogen-bond acceptors (Lipinski definition) is 3. The molecule has 1 saturated heterocycles. The highest BCUT2D eigenvalue weighted by Crippen LogP contribution is 2.28. The van der Waals surface area contributed by atoms with Gasteiger partial charge in [-0.05, 0) is 41.8 Å². The first-order chi connectivity index (χ1) is 12.6. The van der Waals surface area contributed by atoms with E-state index in [1.807, 2.05) is 24.3 Å². The zero-order chi connectivity index (χ0) is 18.4. The normalized spacial score (nSPS) is 16.7. The molecule has 26 heavy (non-hydrogen) atoms. The van der Waals surface area contributed by atoms with Crippen LogP contribution in [-0.4, -0.2) is 26.1 Å². The van der Waals surface area contributed by atoms with Crippen LogP contribution in [0.4, 0.5) is 4.39 Å². The van der Waals surface area contributed by atoms with E-state index in [9.17, 15) is 4.39 Å². The summed E-state index contributed by atoms with van der Waals surface area (Å²) in [7, 11) is 0. The Hall–Kier alpha value is -1.91. The van der Waals surface area contributed by atoms with E-state index in [2.05, 4.69) is 13.8 Å². The highest BCUT2D eigenvalue weighted by Gasteiger charge is 2.34. The molecule has 1 fully saturated rings. The third-order valence-corrected chi connectivity index (χ3v) is 4.61. The number of rotatable bonds is 9. The molecule has 3 rings (SSSR count). The largest absolute Gasteiger partial charge is 0.465 e. The van der Waals surface area contributed by atoms with E-state index in [-0.39, 0.29) is 17.5 Å². The van der Waals surface area contributed by atoms with Gasteiger partial charge in [0.1, 0.15) is 11.6 Å². The molecular weight excluding hydrogens is 331 g/mol. The van der Waals surface area contributed by atoms with Crippen molar-refractivity contribution >= 4 is 0 Å². The molecule has 1 unspecified atom stereocenters. The Morgan fingerprint density at radius 3 is 2.19 bits per heavy atom. The fourth-order valence-electron chi connectivity index (χ4n) is 2.90. The molecule has 3 nitrogen and oxygen atoms in total. The molecule has 0 amide bonds. The number of ether oxygens (including phenoxy) is 3. The zero-order valence-corrected chi connectivity index (χ0v) is 15.5. The topological polar surface area (TPSA) is 27.7 Å². The number of halogens is 1. The molecule has 1 aliphatic rings. The van der Waals surface area contributed by atoms with Gasteiger partial charge in [-0.25, -0.2) is 4.39 Å². The van der Waals surface area contributed by atoms with Gasteiger partial charge in [0.2, 0.25) is 0 Å².